The molecule has 178 valence electrons. The highest BCUT2D eigenvalue weighted by Crippen LogP contribution is 2.21. The van der Waals surface area contributed by atoms with Crippen molar-refractivity contribution in [2.24, 2.45) is 4.99 Å². The fourth-order valence-corrected chi connectivity index (χ4v) is 4.62. The Morgan fingerprint density at radius 2 is 1.91 bits per heavy atom. The van der Waals surface area contributed by atoms with Gasteiger partial charge in [0, 0.05) is 44.3 Å². The van der Waals surface area contributed by atoms with Crippen LogP contribution in [0.15, 0.2) is 52.4 Å². The summed E-state index contributed by atoms with van der Waals surface area (Å²) in [5.74, 6) is 0.720. The monoisotopic (exact) mass is 492 g/mol. The number of nitrogens with zero attached hydrogens (tertiary/aromatic N) is 3. The largest absolute Gasteiger partial charge is 0.370 e. The molecule has 0 aliphatic carbocycles. The minimum atomic E-state index is -3.66. The van der Waals surface area contributed by atoms with Crippen molar-refractivity contribution in [2.45, 2.75) is 18.4 Å². The van der Waals surface area contributed by atoms with Crippen LogP contribution in [0.4, 0.5) is 0 Å². The van der Waals surface area contributed by atoms with E-state index < -0.39 is 10.0 Å². The molecule has 1 N–H and O–H groups in total. The smallest absolute Gasteiger partial charge is 0.248 e. The van der Waals surface area contributed by atoms with Gasteiger partial charge in [0.15, 0.2) is 0 Å². The summed E-state index contributed by atoms with van der Waals surface area (Å²) in [6.07, 6.45) is 0. The Balaban J connectivity index is 1.43. The first-order valence-electron chi connectivity index (χ1n) is 10.6. The molecule has 0 spiro atoms. The SMILES string of the molecule is Cc1cc(S(=O)(=O)N(C)CCOCC(=O)N(C)Cc2ccc(C3=NCCN3)cc2)ccc1Cl. The Morgan fingerprint density at radius 1 is 1.18 bits per heavy atom. The molecule has 10 heteroatoms. The van der Waals surface area contributed by atoms with Gasteiger partial charge in [-0.1, -0.05) is 35.9 Å². The Kier molecular flexibility index (Phi) is 8.47. The van der Waals surface area contributed by atoms with Crippen molar-refractivity contribution in [3.05, 3.63) is 64.2 Å². The third-order valence-electron chi connectivity index (χ3n) is 5.36. The normalized spacial score (nSPS) is 13.7. The zero-order valence-corrected chi connectivity index (χ0v) is 20.6. The lowest BCUT2D eigenvalue weighted by Gasteiger charge is -2.19. The van der Waals surface area contributed by atoms with Gasteiger partial charge < -0.3 is 15.0 Å². The number of benzene rings is 2. The number of hydrogen-bond acceptors (Lipinski definition) is 6. The van der Waals surface area contributed by atoms with E-state index in [1.165, 1.54) is 23.5 Å². The molecule has 2 aromatic carbocycles. The standard InChI is InChI=1S/C23H29ClN4O4S/c1-17-14-20(8-9-21(17)24)33(30,31)28(3)12-13-32-16-22(29)27(2)15-18-4-6-19(7-5-18)23-25-10-11-26-23/h4-9,14H,10-13,15-16H2,1-3H3,(H,25,26). The van der Waals surface area contributed by atoms with E-state index in [0.717, 1.165) is 30.1 Å². The van der Waals surface area contributed by atoms with Crippen LogP contribution in [0, 0.1) is 6.92 Å². The first-order valence-corrected chi connectivity index (χ1v) is 12.4. The molecule has 1 aliphatic rings. The molecule has 2 aromatic rings. The summed E-state index contributed by atoms with van der Waals surface area (Å²) < 4.78 is 32.0. The van der Waals surface area contributed by atoms with Gasteiger partial charge in [-0.25, -0.2) is 8.42 Å². The van der Waals surface area contributed by atoms with E-state index in [4.69, 9.17) is 16.3 Å². The van der Waals surface area contributed by atoms with Crippen LogP contribution < -0.4 is 5.32 Å². The van der Waals surface area contributed by atoms with Crippen LogP contribution in [0.25, 0.3) is 0 Å². The Bertz CT molecular complexity index is 1120. The molecule has 33 heavy (non-hydrogen) atoms. The second-order valence-corrected chi connectivity index (χ2v) is 10.3. The number of amidine groups is 1. The summed E-state index contributed by atoms with van der Waals surface area (Å²) in [7, 11) is -0.470. The molecule has 1 aliphatic heterocycles. The van der Waals surface area contributed by atoms with Crippen molar-refractivity contribution < 1.29 is 17.9 Å². The lowest BCUT2D eigenvalue weighted by Crippen LogP contribution is -2.33. The number of nitrogens with one attached hydrogen (secondary N) is 1. The van der Waals surface area contributed by atoms with Gasteiger partial charge >= 0.3 is 0 Å². The topological polar surface area (TPSA) is 91.3 Å². The number of aliphatic imine (C=N–C) groups is 1. The lowest BCUT2D eigenvalue weighted by molar-refractivity contribution is -0.135. The van der Waals surface area contributed by atoms with Crippen molar-refractivity contribution in [3.63, 3.8) is 0 Å². The van der Waals surface area contributed by atoms with E-state index in [1.807, 2.05) is 24.3 Å². The molecule has 0 unspecified atom stereocenters. The van der Waals surface area contributed by atoms with E-state index in [1.54, 1.807) is 24.9 Å². The molecular formula is C23H29ClN4O4S. The first-order chi connectivity index (χ1) is 15.7. The van der Waals surface area contributed by atoms with Crippen molar-refractivity contribution in [1.29, 1.82) is 0 Å². The molecule has 0 saturated carbocycles. The summed E-state index contributed by atoms with van der Waals surface area (Å²) in [5.41, 5.74) is 2.72. The van der Waals surface area contributed by atoms with Crippen LogP contribution >= 0.6 is 11.6 Å². The van der Waals surface area contributed by atoms with E-state index in [-0.39, 0.29) is 30.6 Å². The predicted molar refractivity (Wildman–Crippen MR) is 129 cm³/mol. The molecule has 3 rings (SSSR count). The fraction of sp³-hybridized carbons (Fsp3) is 0.391. The summed E-state index contributed by atoms with van der Waals surface area (Å²) in [6.45, 7) is 3.96. The molecular weight excluding hydrogens is 464 g/mol. The summed E-state index contributed by atoms with van der Waals surface area (Å²) in [4.78, 5) is 18.5. The van der Waals surface area contributed by atoms with Gasteiger partial charge in [0.05, 0.1) is 18.0 Å². The van der Waals surface area contributed by atoms with Gasteiger partial charge in [-0.15, -0.1) is 0 Å². The molecule has 0 fully saturated rings. The second kappa shape index (κ2) is 11.1. The minimum Gasteiger partial charge on any atom is -0.370 e. The molecule has 8 nitrogen and oxygen atoms in total. The number of rotatable bonds is 10. The quantitative estimate of drug-likeness (QED) is 0.514. The Morgan fingerprint density at radius 3 is 2.55 bits per heavy atom. The molecule has 0 aromatic heterocycles. The second-order valence-electron chi connectivity index (χ2n) is 7.89. The van der Waals surface area contributed by atoms with Crippen molar-refractivity contribution in [2.75, 3.05) is 46.9 Å². The van der Waals surface area contributed by atoms with E-state index in [9.17, 15) is 13.2 Å². The number of ether oxygens (including phenoxy) is 1. The average molecular weight is 493 g/mol. The molecule has 0 saturated heterocycles. The zero-order chi connectivity index (χ0) is 24.0. The summed E-state index contributed by atoms with van der Waals surface area (Å²) >= 11 is 5.98. The predicted octanol–water partition coefficient (Wildman–Crippen LogP) is 2.29. The number of carbonyl (C=O) groups is 1. The number of hydrogen-bond donors (Lipinski definition) is 1. The average Bonchev–Trinajstić information content (AvgIpc) is 3.33. The number of sulfonamides is 1. The third kappa shape index (κ3) is 6.54. The lowest BCUT2D eigenvalue weighted by atomic mass is 10.1. The summed E-state index contributed by atoms with van der Waals surface area (Å²) in [6, 6.07) is 12.5. The van der Waals surface area contributed by atoms with Crippen LogP contribution in [0.1, 0.15) is 16.7 Å². The molecule has 1 amide bonds. The van der Waals surface area contributed by atoms with E-state index in [2.05, 4.69) is 10.3 Å². The first kappa shape index (κ1) is 25.2. The van der Waals surface area contributed by atoms with Gasteiger partial charge in [0.2, 0.25) is 15.9 Å². The highest BCUT2D eigenvalue weighted by molar-refractivity contribution is 7.89. The van der Waals surface area contributed by atoms with Crippen molar-refractivity contribution in [3.8, 4) is 0 Å². The van der Waals surface area contributed by atoms with Crippen molar-refractivity contribution in [1.82, 2.24) is 14.5 Å². The number of amides is 1. The van der Waals surface area contributed by atoms with Crippen LogP contribution in [-0.2, 0) is 26.1 Å². The highest BCUT2D eigenvalue weighted by atomic mass is 35.5. The maximum atomic E-state index is 12.7. The highest BCUT2D eigenvalue weighted by Gasteiger charge is 2.21. The fourth-order valence-electron chi connectivity index (χ4n) is 3.26. The minimum absolute atomic E-state index is 0.103. The number of carbonyl (C=O) groups excluding carboxylic acids is 1. The number of aryl methyl sites for hydroxylation is 1. The zero-order valence-electron chi connectivity index (χ0n) is 19.0. The maximum absolute atomic E-state index is 12.7. The molecule has 1 heterocycles. The summed E-state index contributed by atoms with van der Waals surface area (Å²) in [5, 5.41) is 3.75. The van der Waals surface area contributed by atoms with Crippen molar-refractivity contribution >= 4 is 33.4 Å². The van der Waals surface area contributed by atoms with Gasteiger partial charge in [0.1, 0.15) is 12.4 Å². The van der Waals surface area contributed by atoms with Gasteiger partial charge in [-0.2, -0.15) is 4.31 Å². The molecule has 0 bridgehead atoms. The van der Waals surface area contributed by atoms with Gasteiger partial charge in [-0.05, 0) is 36.2 Å². The third-order valence-corrected chi connectivity index (χ3v) is 7.64. The maximum Gasteiger partial charge on any atom is 0.248 e. The van der Waals surface area contributed by atoms with Crippen LogP contribution in [0.2, 0.25) is 5.02 Å². The van der Waals surface area contributed by atoms with Crippen LogP contribution in [-0.4, -0.2) is 76.3 Å². The number of likely N-dealkylation sites (N-methyl/N-ethyl adjacent to an activating group) is 2. The van der Waals surface area contributed by atoms with Crippen LogP contribution in [0.3, 0.4) is 0 Å². The van der Waals surface area contributed by atoms with Gasteiger partial charge in [-0.3, -0.25) is 9.79 Å². The Labute approximate surface area is 200 Å². The number of halogens is 1. The molecule has 0 atom stereocenters. The van der Waals surface area contributed by atoms with E-state index >= 15 is 0 Å². The van der Waals surface area contributed by atoms with E-state index in [0.29, 0.717) is 17.1 Å². The molecule has 0 radical (unpaired) electrons. The Hall–Kier alpha value is -2.46. The van der Waals surface area contributed by atoms with Gasteiger partial charge in [0.25, 0.3) is 0 Å². The van der Waals surface area contributed by atoms with Crippen LogP contribution in [0.5, 0.6) is 0 Å².